The molecule has 0 bridgehead atoms. The van der Waals surface area contributed by atoms with E-state index in [0.29, 0.717) is 29.7 Å². The zero-order valence-electron chi connectivity index (χ0n) is 16.6. The number of rotatable bonds is 5. The average molecular weight is 414 g/mol. The Kier molecular flexibility index (Phi) is 5.67. The first kappa shape index (κ1) is 19.6. The lowest BCUT2D eigenvalue weighted by atomic mass is 9.96. The molecule has 1 atom stereocenters. The lowest BCUT2D eigenvalue weighted by molar-refractivity contribution is -0.125. The number of carbonyl (C=O) groups is 1. The number of amides is 1. The molecule has 1 N–H and O–H groups in total. The van der Waals surface area contributed by atoms with Gasteiger partial charge in [0, 0.05) is 24.7 Å². The lowest BCUT2D eigenvalue weighted by Gasteiger charge is -2.33. The van der Waals surface area contributed by atoms with Crippen LogP contribution in [-0.4, -0.2) is 34.1 Å². The molecule has 1 aliphatic rings. The number of fused-ring (bicyclic) bond motifs is 1. The Balaban J connectivity index is 1.51. The van der Waals surface area contributed by atoms with Crippen LogP contribution in [0.2, 0.25) is 5.02 Å². The van der Waals surface area contributed by atoms with E-state index < -0.39 is 0 Å². The molecule has 4 rings (SSSR count). The summed E-state index contributed by atoms with van der Waals surface area (Å²) in [5.41, 5.74) is 2.27. The highest BCUT2D eigenvalue weighted by Gasteiger charge is 2.29. The van der Waals surface area contributed by atoms with Gasteiger partial charge in [-0.1, -0.05) is 41.9 Å². The van der Waals surface area contributed by atoms with Crippen LogP contribution in [0.3, 0.4) is 0 Å². The molecule has 0 radical (unpaired) electrons. The molecule has 0 spiro atoms. The van der Waals surface area contributed by atoms with Crippen LogP contribution in [0.4, 0.5) is 5.82 Å². The van der Waals surface area contributed by atoms with Crippen molar-refractivity contribution in [3.05, 3.63) is 46.4 Å². The Labute approximate surface area is 174 Å². The fourth-order valence-corrected chi connectivity index (χ4v) is 4.02. The van der Waals surface area contributed by atoms with Gasteiger partial charge in [-0.2, -0.15) is 4.98 Å². The molecule has 8 heteroatoms. The molecule has 7 nitrogen and oxygen atoms in total. The predicted molar refractivity (Wildman–Crippen MR) is 112 cm³/mol. The van der Waals surface area contributed by atoms with E-state index in [2.05, 4.69) is 25.3 Å². The van der Waals surface area contributed by atoms with Crippen molar-refractivity contribution in [2.24, 2.45) is 5.92 Å². The minimum Gasteiger partial charge on any atom is -0.355 e. The smallest absolute Gasteiger partial charge is 0.263 e. The number of aryl methyl sites for hydroxylation is 2. The van der Waals surface area contributed by atoms with Crippen LogP contribution in [0, 0.1) is 12.8 Å². The highest BCUT2D eigenvalue weighted by Crippen LogP contribution is 2.31. The third-order valence-corrected chi connectivity index (χ3v) is 5.71. The summed E-state index contributed by atoms with van der Waals surface area (Å²) in [7, 11) is 0. The first-order chi connectivity index (χ1) is 14.1. The molecule has 1 amide bonds. The molecule has 1 aliphatic heterocycles. The van der Waals surface area contributed by atoms with Gasteiger partial charge >= 0.3 is 0 Å². The maximum Gasteiger partial charge on any atom is 0.263 e. The Morgan fingerprint density at radius 3 is 2.97 bits per heavy atom. The number of nitrogens with one attached hydrogen (secondary N) is 1. The van der Waals surface area contributed by atoms with Gasteiger partial charge < -0.3 is 14.7 Å². The molecule has 0 saturated carbocycles. The van der Waals surface area contributed by atoms with Gasteiger partial charge in [-0.05, 0) is 37.8 Å². The minimum absolute atomic E-state index is 0.0395. The topological polar surface area (TPSA) is 84.2 Å². The van der Waals surface area contributed by atoms with Crippen LogP contribution in [0.1, 0.15) is 36.8 Å². The first-order valence-electron chi connectivity index (χ1n) is 9.95. The number of hydrogen-bond acceptors (Lipinski definition) is 6. The Bertz CT molecular complexity index is 1040. The molecule has 1 saturated heterocycles. The normalized spacial score (nSPS) is 16.9. The van der Waals surface area contributed by atoms with Crippen molar-refractivity contribution < 1.29 is 9.32 Å². The van der Waals surface area contributed by atoms with Crippen LogP contribution in [0.15, 0.2) is 28.8 Å². The van der Waals surface area contributed by atoms with E-state index in [0.717, 1.165) is 48.3 Å². The second kappa shape index (κ2) is 8.37. The standard InChI is InChI=1S/C21H24ClN5O2/c1-3-17-18-19(24-13(2)25-21(18)29-26-17)27-10-6-8-15(12-27)20(28)23-11-14-7-4-5-9-16(14)22/h4-5,7,9,15H,3,6,8,10-12H2,1-2H3,(H,23,28). The van der Waals surface area contributed by atoms with Gasteiger partial charge in [0.1, 0.15) is 17.0 Å². The molecule has 1 unspecified atom stereocenters. The molecule has 3 heterocycles. The number of carbonyl (C=O) groups excluding carboxylic acids is 1. The van der Waals surface area contributed by atoms with Crippen molar-refractivity contribution >= 4 is 34.4 Å². The van der Waals surface area contributed by atoms with Gasteiger partial charge in [0.15, 0.2) is 0 Å². The first-order valence-corrected chi connectivity index (χ1v) is 10.3. The van der Waals surface area contributed by atoms with Crippen molar-refractivity contribution in [3.8, 4) is 0 Å². The maximum absolute atomic E-state index is 12.8. The summed E-state index contributed by atoms with van der Waals surface area (Å²) in [5.74, 6) is 1.38. The van der Waals surface area contributed by atoms with Gasteiger partial charge in [0.25, 0.3) is 5.71 Å². The van der Waals surface area contributed by atoms with Gasteiger partial charge in [-0.3, -0.25) is 4.79 Å². The number of nitrogens with zero attached hydrogens (tertiary/aromatic N) is 4. The summed E-state index contributed by atoms with van der Waals surface area (Å²) in [6.45, 7) is 5.75. The molecule has 152 valence electrons. The maximum atomic E-state index is 12.8. The van der Waals surface area contributed by atoms with E-state index in [1.807, 2.05) is 38.1 Å². The second-order valence-electron chi connectivity index (χ2n) is 7.35. The number of aromatic nitrogens is 3. The van der Waals surface area contributed by atoms with Gasteiger partial charge in [0.05, 0.1) is 11.6 Å². The molecule has 3 aromatic rings. The highest BCUT2D eigenvalue weighted by atomic mass is 35.5. The van der Waals surface area contributed by atoms with Gasteiger partial charge in [-0.15, -0.1) is 0 Å². The summed E-state index contributed by atoms with van der Waals surface area (Å²) < 4.78 is 5.41. The van der Waals surface area contributed by atoms with Crippen LogP contribution in [0.5, 0.6) is 0 Å². The summed E-state index contributed by atoms with van der Waals surface area (Å²) >= 11 is 6.20. The highest BCUT2D eigenvalue weighted by molar-refractivity contribution is 6.31. The largest absolute Gasteiger partial charge is 0.355 e. The quantitative estimate of drug-likeness (QED) is 0.686. The Morgan fingerprint density at radius 2 is 2.17 bits per heavy atom. The molecular weight excluding hydrogens is 390 g/mol. The zero-order valence-corrected chi connectivity index (χ0v) is 17.4. The fraction of sp³-hybridized carbons (Fsp3) is 0.429. The second-order valence-corrected chi connectivity index (χ2v) is 7.76. The average Bonchev–Trinajstić information content (AvgIpc) is 3.15. The van der Waals surface area contributed by atoms with Crippen LogP contribution >= 0.6 is 11.6 Å². The van der Waals surface area contributed by atoms with E-state index in [4.69, 9.17) is 16.1 Å². The summed E-state index contributed by atoms with van der Waals surface area (Å²) in [5, 5.41) is 8.69. The number of anilines is 1. The SMILES string of the molecule is CCc1noc2nc(C)nc(N3CCCC(C(=O)NCc4ccccc4Cl)C3)c12. The van der Waals surface area contributed by atoms with Crippen LogP contribution in [-0.2, 0) is 17.8 Å². The monoisotopic (exact) mass is 413 g/mol. The van der Waals surface area contributed by atoms with E-state index >= 15 is 0 Å². The van der Waals surface area contributed by atoms with E-state index in [9.17, 15) is 4.79 Å². The minimum atomic E-state index is -0.110. The summed E-state index contributed by atoms with van der Waals surface area (Å²) in [6, 6.07) is 7.56. The number of hydrogen-bond donors (Lipinski definition) is 1. The molecule has 2 aromatic heterocycles. The van der Waals surface area contributed by atoms with Crippen molar-refractivity contribution in [2.75, 3.05) is 18.0 Å². The molecular formula is C21H24ClN5O2. The van der Waals surface area contributed by atoms with E-state index in [1.54, 1.807) is 0 Å². The van der Waals surface area contributed by atoms with Crippen molar-refractivity contribution in [2.45, 2.75) is 39.7 Å². The Hall–Kier alpha value is -2.67. The third-order valence-electron chi connectivity index (χ3n) is 5.34. The zero-order chi connectivity index (χ0) is 20.4. The van der Waals surface area contributed by atoms with E-state index in [-0.39, 0.29) is 11.8 Å². The lowest BCUT2D eigenvalue weighted by Crippen LogP contribution is -2.43. The predicted octanol–water partition coefficient (Wildman–Crippen LogP) is 3.67. The summed E-state index contributed by atoms with van der Waals surface area (Å²) in [6.07, 6.45) is 2.51. The van der Waals surface area contributed by atoms with Crippen LogP contribution in [0.25, 0.3) is 11.1 Å². The van der Waals surface area contributed by atoms with Gasteiger partial charge in [-0.25, -0.2) is 4.98 Å². The molecule has 0 aliphatic carbocycles. The molecule has 1 fully saturated rings. The third kappa shape index (κ3) is 4.05. The summed E-state index contributed by atoms with van der Waals surface area (Å²) in [4.78, 5) is 24.0. The number of halogens is 1. The molecule has 29 heavy (non-hydrogen) atoms. The number of benzene rings is 1. The van der Waals surface area contributed by atoms with Crippen molar-refractivity contribution in [3.63, 3.8) is 0 Å². The van der Waals surface area contributed by atoms with Crippen LogP contribution < -0.4 is 10.2 Å². The molecule has 1 aromatic carbocycles. The van der Waals surface area contributed by atoms with Gasteiger partial charge in [0.2, 0.25) is 5.91 Å². The fourth-order valence-electron chi connectivity index (χ4n) is 3.82. The van der Waals surface area contributed by atoms with E-state index in [1.165, 1.54) is 0 Å². The Morgan fingerprint density at radius 1 is 1.34 bits per heavy atom. The number of piperidine rings is 1. The van der Waals surface area contributed by atoms with Crippen molar-refractivity contribution in [1.82, 2.24) is 20.4 Å². The van der Waals surface area contributed by atoms with Crippen molar-refractivity contribution in [1.29, 1.82) is 0 Å².